The smallest absolute Gasteiger partial charge is 0.314 e. The molecule has 0 fully saturated rings. The highest BCUT2D eigenvalue weighted by Gasteiger charge is 2.18. The van der Waals surface area contributed by atoms with E-state index in [2.05, 4.69) is 0 Å². The molecule has 1 aromatic rings. The summed E-state index contributed by atoms with van der Waals surface area (Å²) in [4.78, 5) is 14.3. The van der Waals surface area contributed by atoms with Gasteiger partial charge in [0, 0.05) is 0 Å². The number of rotatable bonds is 0. The minimum Gasteiger partial charge on any atom is -0.505 e. The predicted molar refractivity (Wildman–Crippen MR) is 66.6 cm³/mol. The molecule has 4 nitrogen and oxygen atoms in total. The van der Waals surface area contributed by atoms with Crippen LogP contribution in [-0.2, 0) is 4.57 Å². The van der Waals surface area contributed by atoms with Crippen LogP contribution in [0.15, 0.2) is 0 Å². The number of halogens is 5. The van der Waals surface area contributed by atoms with Crippen molar-refractivity contribution >= 4 is 66.3 Å². The van der Waals surface area contributed by atoms with Crippen LogP contribution in [0.2, 0.25) is 25.1 Å². The van der Waals surface area contributed by atoms with Crippen LogP contribution >= 0.6 is 66.3 Å². The average Bonchev–Trinajstić information content (AvgIpc) is 2.20. The first-order valence-electron chi connectivity index (χ1n) is 3.32. The topological polar surface area (TPSA) is 77.8 Å². The molecule has 0 atom stereocenters. The van der Waals surface area contributed by atoms with Gasteiger partial charge in [0.15, 0.2) is 5.75 Å². The third kappa shape index (κ3) is 4.47. The minimum atomic E-state index is -3.13. The number of phenolic OH excluding ortho intramolecular Hbond substituents is 1. The lowest BCUT2D eigenvalue weighted by Gasteiger charge is -2.06. The van der Waals surface area contributed by atoms with E-state index in [0.29, 0.717) is 0 Å². The molecule has 0 saturated carbocycles. The molecule has 0 unspecified atom stereocenters. The van der Waals surface area contributed by atoms with Gasteiger partial charge in [-0.25, -0.2) is 0 Å². The van der Waals surface area contributed by atoms with Crippen molar-refractivity contribution in [1.29, 1.82) is 0 Å². The first kappa shape index (κ1) is 16.6. The van der Waals surface area contributed by atoms with Crippen molar-refractivity contribution in [1.82, 2.24) is 0 Å². The Labute approximate surface area is 116 Å². The maximum Gasteiger partial charge on any atom is 0.314 e. The van der Waals surface area contributed by atoms with Crippen LogP contribution in [0.25, 0.3) is 0 Å². The van der Waals surface area contributed by atoms with Crippen molar-refractivity contribution in [2.45, 2.75) is 0 Å². The predicted octanol–water partition coefficient (Wildman–Crippen LogP) is 4.02. The van der Waals surface area contributed by atoms with Crippen LogP contribution in [0.4, 0.5) is 0 Å². The molecule has 0 aliphatic heterocycles. The molecule has 0 aromatic heterocycles. The summed E-state index contributed by atoms with van der Waals surface area (Å²) in [5.41, 5.74) is 0. The summed E-state index contributed by atoms with van der Waals surface area (Å²) in [6.07, 6.45) is 0. The van der Waals surface area contributed by atoms with Gasteiger partial charge in [0.1, 0.15) is 10.0 Å². The lowest BCUT2D eigenvalue weighted by Crippen LogP contribution is -1.78. The average molecular weight is 348 g/mol. The zero-order chi connectivity index (χ0) is 13.0. The summed E-state index contributed by atoms with van der Waals surface area (Å²) in [7, 11) is -3.13. The Hall–Kier alpha value is 0.620. The third-order valence-corrected chi connectivity index (χ3v) is 3.44. The molecular weight excluding hydrogens is 344 g/mol. The molecule has 0 heterocycles. The highest BCUT2D eigenvalue weighted by molar-refractivity contribution is 7.30. The van der Waals surface area contributed by atoms with Gasteiger partial charge < -0.3 is 14.9 Å². The van der Waals surface area contributed by atoms with Crippen LogP contribution in [-0.4, -0.2) is 14.9 Å². The number of benzene rings is 1. The molecule has 3 N–H and O–H groups in total. The van der Waals surface area contributed by atoms with Crippen molar-refractivity contribution in [3.63, 3.8) is 0 Å². The summed E-state index contributed by atoms with van der Waals surface area (Å²) >= 11 is 27.9. The molecule has 92 valence electrons. The first-order chi connectivity index (χ1) is 7.20. The number of phenols is 1. The van der Waals surface area contributed by atoms with Crippen LogP contribution < -0.4 is 0 Å². The van der Waals surface area contributed by atoms with Gasteiger partial charge in [-0.2, -0.15) is 0 Å². The fourth-order valence-electron chi connectivity index (χ4n) is 0.593. The Morgan fingerprint density at radius 1 is 0.750 bits per heavy atom. The van der Waals surface area contributed by atoms with E-state index in [1.165, 1.54) is 0 Å². The maximum atomic E-state index is 9.20. The van der Waals surface area contributed by atoms with Gasteiger partial charge in [-0.3, -0.25) is 4.57 Å². The van der Waals surface area contributed by atoms with E-state index in [1.54, 1.807) is 0 Å². The minimum absolute atomic E-state index is 0.00904. The van der Waals surface area contributed by atoms with Gasteiger partial charge in [0.05, 0.1) is 15.1 Å². The van der Waals surface area contributed by atoms with Gasteiger partial charge in [-0.05, 0) is 0 Å². The molecule has 1 rings (SSSR count). The van der Waals surface area contributed by atoms with Crippen LogP contribution in [0.3, 0.4) is 0 Å². The van der Waals surface area contributed by atoms with Gasteiger partial charge in [-0.15, -0.1) is 0 Å². The molecule has 0 aliphatic rings. The largest absolute Gasteiger partial charge is 0.505 e. The van der Waals surface area contributed by atoms with Gasteiger partial charge in [0.2, 0.25) is 0 Å². The molecule has 16 heavy (non-hydrogen) atoms. The summed E-state index contributed by atoms with van der Waals surface area (Å²) in [6, 6.07) is 0. The fraction of sp³-hybridized carbons (Fsp3) is 0. The summed E-state index contributed by atoms with van der Waals surface area (Å²) < 4.78 is 8.74. The van der Waals surface area contributed by atoms with Crippen molar-refractivity contribution < 1.29 is 19.5 Å². The van der Waals surface area contributed by atoms with E-state index in [0.717, 1.165) is 0 Å². The summed E-state index contributed by atoms with van der Waals surface area (Å²) in [5, 5.41) is 9.01. The molecule has 0 amide bonds. The Morgan fingerprint density at radius 3 is 1.19 bits per heavy atom. The van der Waals surface area contributed by atoms with E-state index in [1.807, 2.05) is 0 Å². The second-order valence-corrected chi connectivity index (χ2v) is 4.66. The Kier molecular flexibility index (Phi) is 7.42. The third-order valence-electron chi connectivity index (χ3n) is 1.19. The standard InChI is InChI=1S/C6HCl5O.H3O3P/c7-1-2(8)4(10)6(12)5(11)3(1)9;1-4(2)3/h12H;4H,(H2,1,2,3). The van der Waals surface area contributed by atoms with Crippen LogP contribution in [0, 0.1) is 0 Å². The van der Waals surface area contributed by atoms with Crippen molar-refractivity contribution in [3.8, 4) is 5.75 Å². The van der Waals surface area contributed by atoms with Crippen LogP contribution in [0.5, 0.6) is 5.75 Å². The quantitative estimate of drug-likeness (QED) is 0.376. The van der Waals surface area contributed by atoms with Gasteiger partial charge in [-0.1, -0.05) is 58.0 Å². The SMILES string of the molecule is O=[PH](O)O.Oc1c(Cl)c(Cl)c(Cl)c(Cl)c1Cl. The molecule has 0 saturated heterocycles. The zero-order valence-corrected chi connectivity index (χ0v) is 11.9. The number of hydrogen-bond donors (Lipinski definition) is 3. The first-order valence-corrected chi connectivity index (χ1v) is 6.51. The van der Waals surface area contributed by atoms with E-state index in [9.17, 15) is 5.11 Å². The molecule has 0 aliphatic carbocycles. The van der Waals surface area contributed by atoms with Crippen molar-refractivity contribution in [2.24, 2.45) is 0 Å². The molecular formula is C6H4Cl5O4P. The molecule has 0 spiro atoms. The van der Waals surface area contributed by atoms with E-state index < -0.39 is 8.25 Å². The summed E-state index contributed by atoms with van der Waals surface area (Å²) in [6.45, 7) is 0. The highest BCUT2D eigenvalue weighted by atomic mass is 35.5. The fourth-order valence-corrected chi connectivity index (χ4v) is 1.72. The number of hydrogen-bond acceptors (Lipinski definition) is 2. The normalized spacial score (nSPS) is 10.0. The summed E-state index contributed by atoms with van der Waals surface area (Å²) in [5.74, 6) is -0.363. The van der Waals surface area contributed by atoms with Crippen molar-refractivity contribution in [2.75, 3.05) is 0 Å². The molecule has 0 bridgehead atoms. The Morgan fingerprint density at radius 2 is 0.938 bits per heavy atom. The van der Waals surface area contributed by atoms with Crippen molar-refractivity contribution in [3.05, 3.63) is 25.1 Å². The van der Waals surface area contributed by atoms with E-state index >= 15 is 0 Å². The molecule has 10 heteroatoms. The van der Waals surface area contributed by atoms with E-state index in [4.69, 9.17) is 72.4 Å². The Bertz CT molecular complexity index is 315. The van der Waals surface area contributed by atoms with Gasteiger partial charge in [0.25, 0.3) is 0 Å². The molecule has 1 aromatic carbocycles. The second-order valence-electron chi connectivity index (χ2n) is 2.20. The van der Waals surface area contributed by atoms with Gasteiger partial charge >= 0.3 is 8.25 Å². The number of aromatic hydroxyl groups is 1. The zero-order valence-electron chi connectivity index (χ0n) is 7.14. The van der Waals surface area contributed by atoms with Crippen LogP contribution in [0.1, 0.15) is 0 Å². The highest BCUT2D eigenvalue weighted by Crippen LogP contribution is 2.47. The second kappa shape index (κ2) is 7.14. The molecule has 0 radical (unpaired) electrons. The lowest BCUT2D eigenvalue weighted by molar-refractivity contribution is 0.405. The Balaban J connectivity index is 0.000000487. The maximum absolute atomic E-state index is 9.20. The lowest BCUT2D eigenvalue weighted by atomic mass is 10.3. The monoisotopic (exact) mass is 346 g/mol. The van der Waals surface area contributed by atoms with E-state index in [-0.39, 0.29) is 30.9 Å².